The van der Waals surface area contributed by atoms with Gasteiger partial charge in [0.05, 0.1) is 19.9 Å². The summed E-state index contributed by atoms with van der Waals surface area (Å²) in [7, 11) is 2.84. The summed E-state index contributed by atoms with van der Waals surface area (Å²) in [5.41, 5.74) is 2.22. The highest BCUT2D eigenvalue weighted by atomic mass is 35.5. The number of nitrogens with one attached hydrogen (secondary N) is 1. The van der Waals surface area contributed by atoms with Gasteiger partial charge in [0.15, 0.2) is 11.5 Å². The number of halogens is 1. The third-order valence-corrected chi connectivity index (χ3v) is 6.68. The average molecular weight is 460 g/mol. The summed E-state index contributed by atoms with van der Waals surface area (Å²) >= 11 is 7.10. The fraction of sp³-hybridized carbons (Fsp3) is 0.182. The molecule has 0 unspecified atom stereocenters. The van der Waals surface area contributed by atoms with Crippen molar-refractivity contribution in [1.29, 1.82) is 0 Å². The number of carbonyl (C=O) groups is 2. The van der Waals surface area contributed by atoms with Crippen LogP contribution in [0, 0.1) is 0 Å². The van der Waals surface area contributed by atoms with Crippen molar-refractivity contribution in [2.24, 2.45) is 0 Å². The van der Waals surface area contributed by atoms with Crippen molar-refractivity contribution >= 4 is 40.5 Å². The van der Waals surface area contributed by atoms with Gasteiger partial charge in [-0.25, -0.2) is 4.79 Å². The topological polar surface area (TPSA) is 105 Å². The lowest BCUT2D eigenvalue weighted by Crippen LogP contribution is -2.22. The number of aromatic carboxylic acids is 1. The van der Waals surface area contributed by atoms with Gasteiger partial charge in [-0.05, 0) is 35.4 Å². The van der Waals surface area contributed by atoms with E-state index in [0.29, 0.717) is 32.3 Å². The lowest BCUT2D eigenvalue weighted by Gasteiger charge is -2.25. The molecule has 160 valence electrons. The van der Waals surface area contributed by atoms with E-state index in [4.69, 9.17) is 21.1 Å². The van der Waals surface area contributed by atoms with Crippen LogP contribution in [0.15, 0.2) is 36.4 Å². The van der Waals surface area contributed by atoms with Crippen LogP contribution in [0.25, 0.3) is 11.1 Å². The molecule has 1 aliphatic heterocycles. The van der Waals surface area contributed by atoms with Gasteiger partial charge in [-0.15, -0.1) is 11.3 Å². The zero-order valence-corrected chi connectivity index (χ0v) is 18.1. The smallest absolute Gasteiger partial charge is 0.346 e. The maximum absolute atomic E-state index is 12.6. The number of amides is 1. The Labute approximate surface area is 186 Å². The number of anilines is 1. The Morgan fingerprint density at radius 3 is 2.32 bits per heavy atom. The van der Waals surface area contributed by atoms with Crippen LogP contribution in [0.4, 0.5) is 5.69 Å². The van der Waals surface area contributed by atoms with Crippen LogP contribution in [-0.2, 0) is 4.79 Å². The number of fused-ring (bicyclic) bond motifs is 1. The molecule has 0 fully saturated rings. The minimum absolute atomic E-state index is 0.115. The molecule has 1 amide bonds. The Kier molecular flexibility index (Phi) is 5.51. The highest BCUT2D eigenvalue weighted by Gasteiger charge is 2.35. The summed E-state index contributed by atoms with van der Waals surface area (Å²) in [5, 5.41) is 23.5. The van der Waals surface area contributed by atoms with E-state index in [2.05, 4.69) is 5.32 Å². The van der Waals surface area contributed by atoms with E-state index in [-0.39, 0.29) is 34.5 Å². The standard InChI is InChI=1S/C22H18ClNO6S/c1-29-14-7-11(8-15(30-2)19(14)26)13-9-16(25)24-18-17(10-3-5-12(23)6-4-10)21(22(27)28)31-20(13)18/h3-8,13,26H,9H2,1-2H3,(H,24,25)(H,27,28)/t13-/m0/s1. The van der Waals surface area contributed by atoms with Gasteiger partial charge in [0, 0.05) is 27.8 Å². The molecule has 0 aliphatic carbocycles. The number of carboxylic acids is 1. The molecular weight excluding hydrogens is 442 g/mol. The van der Waals surface area contributed by atoms with Gasteiger partial charge in [0.25, 0.3) is 0 Å². The molecule has 0 spiro atoms. The molecule has 9 heteroatoms. The van der Waals surface area contributed by atoms with Gasteiger partial charge in [-0.1, -0.05) is 23.7 Å². The number of benzene rings is 2. The second-order valence-corrected chi connectivity index (χ2v) is 8.43. The fourth-order valence-electron chi connectivity index (χ4n) is 3.71. The van der Waals surface area contributed by atoms with Gasteiger partial charge >= 0.3 is 5.97 Å². The molecule has 3 N–H and O–H groups in total. The van der Waals surface area contributed by atoms with Crippen LogP contribution in [0.1, 0.15) is 32.5 Å². The number of methoxy groups -OCH3 is 2. The lowest BCUT2D eigenvalue weighted by molar-refractivity contribution is -0.116. The number of phenolic OH excluding ortho intramolecular Hbond substituents is 1. The Bertz CT molecular complexity index is 1160. The van der Waals surface area contributed by atoms with E-state index in [9.17, 15) is 19.8 Å². The molecule has 31 heavy (non-hydrogen) atoms. The van der Waals surface area contributed by atoms with E-state index < -0.39 is 11.9 Å². The molecule has 0 radical (unpaired) electrons. The molecule has 1 aliphatic rings. The van der Waals surface area contributed by atoms with Crippen molar-refractivity contribution < 1.29 is 29.3 Å². The summed E-state index contributed by atoms with van der Waals surface area (Å²) in [6.45, 7) is 0. The monoisotopic (exact) mass is 459 g/mol. The normalized spacial score (nSPS) is 15.2. The molecule has 7 nitrogen and oxygen atoms in total. The van der Waals surface area contributed by atoms with Crippen molar-refractivity contribution in [3.8, 4) is 28.4 Å². The average Bonchev–Trinajstić information content (AvgIpc) is 3.13. The lowest BCUT2D eigenvalue weighted by atomic mass is 9.88. The second-order valence-electron chi connectivity index (χ2n) is 6.94. The van der Waals surface area contributed by atoms with E-state index >= 15 is 0 Å². The highest BCUT2D eigenvalue weighted by molar-refractivity contribution is 7.15. The molecule has 0 saturated carbocycles. The van der Waals surface area contributed by atoms with E-state index in [1.165, 1.54) is 14.2 Å². The van der Waals surface area contributed by atoms with Crippen molar-refractivity contribution in [3.63, 3.8) is 0 Å². The number of thiophene rings is 1. The number of carboxylic acid groups (broad SMARTS) is 1. The summed E-state index contributed by atoms with van der Waals surface area (Å²) < 4.78 is 10.5. The highest BCUT2D eigenvalue weighted by Crippen LogP contribution is 2.51. The maximum Gasteiger partial charge on any atom is 0.346 e. The first-order valence-corrected chi connectivity index (χ1v) is 10.4. The minimum atomic E-state index is -1.08. The van der Waals surface area contributed by atoms with E-state index in [1.54, 1.807) is 36.4 Å². The number of ether oxygens (including phenoxy) is 2. The molecule has 3 aromatic rings. The van der Waals surface area contributed by atoms with Gasteiger partial charge in [-0.2, -0.15) is 0 Å². The Morgan fingerprint density at radius 1 is 1.16 bits per heavy atom. The number of carbonyl (C=O) groups excluding carboxylic acids is 1. The molecule has 1 aromatic heterocycles. The van der Waals surface area contributed by atoms with E-state index in [0.717, 1.165) is 11.3 Å². The van der Waals surface area contributed by atoms with Crippen molar-refractivity contribution in [1.82, 2.24) is 0 Å². The predicted octanol–water partition coefficient (Wildman–Crippen LogP) is 4.96. The van der Waals surface area contributed by atoms with Gasteiger partial charge < -0.3 is 25.0 Å². The Hall–Kier alpha value is -3.23. The Balaban J connectivity index is 1.94. The van der Waals surface area contributed by atoms with Crippen LogP contribution in [0.2, 0.25) is 5.02 Å². The van der Waals surface area contributed by atoms with Crippen LogP contribution < -0.4 is 14.8 Å². The number of aromatic hydroxyl groups is 1. The van der Waals surface area contributed by atoms with Crippen LogP contribution >= 0.6 is 22.9 Å². The molecule has 4 rings (SSSR count). The number of phenols is 1. The first kappa shape index (κ1) is 21.0. The summed E-state index contributed by atoms with van der Waals surface area (Å²) in [4.78, 5) is 25.5. The molecule has 1 atom stereocenters. The third kappa shape index (κ3) is 3.68. The molecule has 0 saturated heterocycles. The Morgan fingerprint density at radius 2 is 1.77 bits per heavy atom. The predicted molar refractivity (Wildman–Crippen MR) is 118 cm³/mol. The minimum Gasteiger partial charge on any atom is -0.502 e. The van der Waals surface area contributed by atoms with Crippen molar-refractivity contribution in [2.75, 3.05) is 19.5 Å². The van der Waals surface area contributed by atoms with E-state index in [1.807, 2.05) is 0 Å². The quantitative estimate of drug-likeness (QED) is 0.498. The number of hydrogen-bond donors (Lipinski definition) is 3. The third-order valence-electron chi connectivity index (χ3n) is 5.14. The largest absolute Gasteiger partial charge is 0.502 e. The fourth-order valence-corrected chi connectivity index (χ4v) is 5.09. The van der Waals surface area contributed by atoms with Gasteiger partial charge in [0.2, 0.25) is 11.7 Å². The van der Waals surface area contributed by atoms with Crippen molar-refractivity contribution in [3.05, 3.63) is 56.7 Å². The molecular formula is C22H18ClNO6S. The van der Waals surface area contributed by atoms with Crippen LogP contribution in [0.3, 0.4) is 0 Å². The molecule has 0 bridgehead atoms. The first-order chi connectivity index (χ1) is 14.8. The van der Waals surface area contributed by atoms with Crippen molar-refractivity contribution in [2.45, 2.75) is 12.3 Å². The number of rotatable bonds is 5. The zero-order chi connectivity index (χ0) is 22.3. The summed E-state index contributed by atoms with van der Waals surface area (Å²) in [6, 6.07) is 10.0. The zero-order valence-electron chi connectivity index (χ0n) is 16.6. The van der Waals surface area contributed by atoms with Crippen LogP contribution in [0.5, 0.6) is 17.2 Å². The SMILES string of the molecule is COc1cc([C@@H]2CC(=O)Nc3c2sc(C(=O)O)c3-c2ccc(Cl)cc2)cc(OC)c1O. The first-order valence-electron chi connectivity index (χ1n) is 9.24. The summed E-state index contributed by atoms with van der Waals surface area (Å²) in [6.07, 6.45) is 0.115. The van der Waals surface area contributed by atoms with Gasteiger partial charge in [0.1, 0.15) is 4.88 Å². The maximum atomic E-state index is 12.6. The summed E-state index contributed by atoms with van der Waals surface area (Å²) in [5.74, 6) is -1.50. The number of hydrogen-bond acceptors (Lipinski definition) is 6. The molecule has 2 aromatic carbocycles. The molecule has 2 heterocycles. The van der Waals surface area contributed by atoms with Gasteiger partial charge in [-0.3, -0.25) is 4.79 Å². The van der Waals surface area contributed by atoms with Crippen LogP contribution in [-0.4, -0.2) is 36.3 Å². The second kappa shape index (κ2) is 8.13.